The highest BCUT2D eigenvalue weighted by atomic mass is 16.1. The zero-order valence-corrected chi connectivity index (χ0v) is 4.29. The van der Waals surface area contributed by atoms with Gasteiger partial charge in [-0.25, -0.2) is 0 Å². The summed E-state index contributed by atoms with van der Waals surface area (Å²) in [5.41, 5.74) is 0.617. The first-order chi connectivity index (χ1) is 4.33. The molecule has 1 rings (SSSR count). The van der Waals surface area contributed by atoms with Crippen LogP contribution < -0.4 is 0 Å². The van der Waals surface area contributed by atoms with Crippen molar-refractivity contribution in [2.45, 2.75) is 0 Å². The number of hydrogen-bond donors (Lipinski definition) is 0. The molecule has 40 valence electrons. The Kier molecular flexibility index (Phi) is 1.09. The number of carbonyl (C=O) groups excluding carboxylic acids is 1. The van der Waals surface area contributed by atoms with Gasteiger partial charge in [0.2, 0.25) is 0 Å². The number of carbonyl (C=O) groups is 1. The van der Waals surface area contributed by atoms with Gasteiger partial charge in [-0.05, 0) is 0 Å². The summed E-state index contributed by atoms with van der Waals surface area (Å²) in [6, 6.07) is 6.85. The van der Waals surface area contributed by atoms with Gasteiger partial charge in [-0.1, -0.05) is 30.3 Å². The summed E-state index contributed by atoms with van der Waals surface area (Å²) < 4.78 is 7.05. The van der Waals surface area contributed by atoms with Crippen LogP contribution in [0, 0.1) is 0 Å². The van der Waals surface area contributed by atoms with Gasteiger partial charge < -0.3 is 0 Å². The molecule has 0 unspecified atom stereocenters. The van der Waals surface area contributed by atoms with Crippen LogP contribution in [0.3, 0.4) is 0 Å². The van der Waals surface area contributed by atoms with Crippen LogP contribution >= 0.6 is 0 Å². The second kappa shape index (κ2) is 2.26. The highest BCUT2D eigenvalue weighted by Crippen LogP contribution is 1.91. The molecule has 1 aromatic rings. The molecule has 0 aromatic heterocycles. The molecule has 0 atom stereocenters. The normalized spacial score (nSPS) is 10.2. The molecule has 0 fully saturated rings. The van der Waals surface area contributed by atoms with E-state index in [1.54, 1.807) is 24.3 Å². The molecule has 0 N–H and O–H groups in total. The second-order valence-electron chi connectivity index (χ2n) is 1.45. The molecular formula is C7H6O. The molecule has 0 aliphatic heterocycles. The van der Waals surface area contributed by atoms with E-state index in [9.17, 15) is 4.79 Å². The Morgan fingerprint density at radius 1 is 1.50 bits per heavy atom. The van der Waals surface area contributed by atoms with Crippen LogP contribution in [-0.2, 0) is 0 Å². The number of rotatable bonds is 1. The van der Waals surface area contributed by atoms with Gasteiger partial charge in [0.05, 0.1) is 1.37 Å². The van der Waals surface area contributed by atoms with Crippen LogP contribution in [0.15, 0.2) is 30.3 Å². The van der Waals surface area contributed by atoms with Crippen LogP contribution in [0.5, 0.6) is 0 Å². The van der Waals surface area contributed by atoms with E-state index >= 15 is 0 Å². The minimum Gasteiger partial charge on any atom is -0.298 e. The predicted molar refractivity (Wildman–Crippen MR) is 31.8 cm³/mol. The quantitative estimate of drug-likeness (QED) is 0.497. The highest BCUT2D eigenvalue weighted by Gasteiger charge is 1.79. The first kappa shape index (κ1) is 3.84. The van der Waals surface area contributed by atoms with Crippen molar-refractivity contribution < 1.29 is 6.17 Å². The fourth-order valence-corrected chi connectivity index (χ4v) is 0.478. The molecule has 1 nitrogen and oxygen atoms in total. The third-order valence-electron chi connectivity index (χ3n) is 0.880. The van der Waals surface area contributed by atoms with Gasteiger partial charge in [0.25, 0.3) is 0 Å². The van der Waals surface area contributed by atoms with E-state index in [1.807, 2.05) is 0 Å². The maximum atomic E-state index is 10.1. The molecule has 1 heteroatoms. The van der Waals surface area contributed by atoms with Gasteiger partial charge in [0, 0.05) is 5.56 Å². The maximum absolute atomic E-state index is 10.1. The fraction of sp³-hybridized carbons (Fsp3) is 0. The fourth-order valence-electron chi connectivity index (χ4n) is 0.478. The minimum absolute atomic E-state index is 0.431. The molecular weight excluding hydrogens is 100 g/mol. The van der Waals surface area contributed by atoms with Gasteiger partial charge >= 0.3 is 0 Å². The molecule has 0 heterocycles. The average molecular weight is 107 g/mol. The lowest BCUT2D eigenvalue weighted by molar-refractivity contribution is 0.112. The summed E-state index contributed by atoms with van der Waals surface area (Å²) >= 11 is 0. The first-order valence-electron chi connectivity index (χ1n) is 2.85. The molecule has 0 aliphatic carbocycles. The average Bonchev–Trinajstić information content (AvgIpc) is 1.90. The van der Waals surface area contributed by atoms with Crippen molar-refractivity contribution in [1.82, 2.24) is 0 Å². The SMILES string of the molecule is [2H]c1ccc(C=O)cc1. The van der Waals surface area contributed by atoms with Crippen LogP contribution in [-0.4, -0.2) is 6.29 Å². The summed E-state index contributed by atoms with van der Waals surface area (Å²) in [6.07, 6.45) is 0.763. The minimum atomic E-state index is 0.431. The van der Waals surface area contributed by atoms with E-state index in [0.717, 1.165) is 6.29 Å². The van der Waals surface area contributed by atoms with Gasteiger partial charge in [-0.2, -0.15) is 0 Å². The van der Waals surface area contributed by atoms with Crippen LogP contribution in [0.2, 0.25) is 0 Å². The Bertz CT molecular complexity index is 203. The largest absolute Gasteiger partial charge is 0.298 e. The van der Waals surface area contributed by atoms with Crippen LogP contribution in [0.1, 0.15) is 11.7 Å². The molecule has 1 aromatic carbocycles. The van der Waals surface area contributed by atoms with E-state index in [2.05, 4.69) is 0 Å². The zero-order valence-electron chi connectivity index (χ0n) is 5.29. The Morgan fingerprint density at radius 2 is 2.12 bits per heavy atom. The Morgan fingerprint density at radius 3 is 2.62 bits per heavy atom. The second-order valence-corrected chi connectivity index (χ2v) is 1.45. The third-order valence-corrected chi connectivity index (χ3v) is 0.880. The summed E-state index contributed by atoms with van der Waals surface area (Å²) in [6.45, 7) is 0. The Hall–Kier alpha value is -1.11. The van der Waals surface area contributed by atoms with Crippen molar-refractivity contribution in [1.29, 1.82) is 0 Å². The summed E-state index contributed by atoms with van der Waals surface area (Å²) in [7, 11) is 0. The van der Waals surface area contributed by atoms with Crippen molar-refractivity contribution in [2.75, 3.05) is 0 Å². The van der Waals surface area contributed by atoms with Crippen LogP contribution in [0.4, 0.5) is 0 Å². The monoisotopic (exact) mass is 107 g/mol. The lowest BCUT2D eigenvalue weighted by Crippen LogP contribution is -1.73. The van der Waals surface area contributed by atoms with Gasteiger partial charge in [-0.15, -0.1) is 0 Å². The molecule has 0 amide bonds. The molecule has 0 bridgehead atoms. The first-order valence-corrected chi connectivity index (χ1v) is 2.35. The van der Waals surface area contributed by atoms with Crippen molar-refractivity contribution in [3.8, 4) is 0 Å². The number of benzene rings is 1. The lowest BCUT2D eigenvalue weighted by atomic mass is 10.2. The number of aldehydes is 1. The van der Waals surface area contributed by atoms with E-state index in [1.165, 1.54) is 0 Å². The summed E-state index contributed by atoms with van der Waals surface area (Å²) in [4.78, 5) is 10.1. The molecule has 0 radical (unpaired) electrons. The predicted octanol–water partition coefficient (Wildman–Crippen LogP) is 1.50. The lowest BCUT2D eigenvalue weighted by Gasteiger charge is -1.81. The van der Waals surface area contributed by atoms with E-state index < -0.39 is 0 Å². The summed E-state index contributed by atoms with van der Waals surface area (Å²) in [5.74, 6) is 0. The van der Waals surface area contributed by atoms with Crippen molar-refractivity contribution in [2.24, 2.45) is 0 Å². The van der Waals surface area contributed by atoms with Crippen molar-refractivity contribution >= 4 is 6.29 Å². The maximum Gasteiger partial charge on any atom is 0.150 e. The Labute approximate surface area is 49.4 Å². The van der Waals surface area contributed by atoms with Crippen LogP contribution in [0.25, 0.3) is 0 Å². The zero-order chi connectivity index (χ0) is 6.69. The molecule has 0 spiro atoms. The Balaban J connectivity index is 3.01. The van der Waals surface area contributed by atoms with Gasteiger partial charge in [0.15, 0.2) is 0 Å². The standard InChI is InChI=1S/C7H6O/c8-6-7-4-2-1-3-5-7/h1-6H/i1D. The van der Waals surface area contributed by atoms with E-state index in [0.29, 0.717) is 11.6 Å². The van der Waals surface area contributed by atoms with E-state index in [-0.39, 0.29) is 0 Å². The highest BCUT2D eigenvalue weighted by molar-refractivity contribution is 5.74. The smallest absolute Gasteiger partial charge is 0.150 e. The molecule has 8 heavy (non-hydrogen) atoms. The molecule has 0 aliphatic rings. The van der Waals surface area contributed by atoms with Crippen molar-refractivity contribution in [3.63, 3.8) is 0 Å². The van der Waals surface area contributed by atoms with Crippen molar-refractivity contribution in [3.05, 3.63) is 35.9 Å². The molecule has 0 saturated carbocycles. The topological polar surface area (TPSA) is 17.1 Å². The molecule has 0 saturated heterocycles. The summed E-state index contributed by atoms with van der Waals surface area (Å²) in [5, 5.41) is 0. The third kappa shape index (κ3) is 0.936. The van der Waals surface area contributed by atoms with E-state index in [4.69, 9.17) is 1.37 Å². The number of hydrogen-bond acceptors (Lipinski definition) is 1. The van der Waals surface area contributed by atoms with Gasteiger partial charge in [-0.3, -0.25) is 4.79 Å². The van der Waals surface area contributed by atoms with Gasteiger partial charge in [0.1, 0.15) is 6.29 Å².